The number of methoxy groups -OCH3 is 2. The van der Waals surface area contributed by atoms with Gasteiger partial charge in [-0.1, -0.05) is 36.4 Å². The predicted molar refractivity (Wildman–Crippen MR) is 518 cm³/mol. The number of benzene rings is 6. The summed E-state index contributed by atoms with van der Waals surface area (Å²) in [6, 6.07) is 24.1. The Kier molecular flexibility index (Phi) is 32.1. The third-order valence-corrected chi connectivity index (χ3v) is 28.7. The number of likely N-dealkylation sites (tertiary alicyclic amines) is 3. The maximum absolute atomic E-state index is 17.0. The van der Waals surface area contributed by atoms with Crippen LogP contribution in [0.4, 0.5) is 114 Å². The number of hydrogen-bond donors (Lipinski definition) is 5. The molecule has 6 aliphatic rings. The quantitative estimate of drug-likeness (QED) is 0.0394. The van der Waals surface area contributed by atoms with Gasteiger partial charge in [0.1, 0.15) is 52.2 Å². The van der Waals surface area contributed by atoms with Crippen molar-refractivity contribution in [1.29, 1.82) is 0 Å². The van der Waals surface area contributed by atoms with Crippen LogP contribution >= 0.6 is 0 Å². The van der Waals surface area contributed by atoms with Crippen molar-refractivity contribution >= 4 is 52.7 Å². The van der Waals surface area contributed by atoms with Gasteiger partial charge in [-0.15, -0.1) is 0 Å². The number of imidazole rings is 3. The number of aromatic amines is 1. The van der Waals surface area contributed by atoms with E-state index in [0.29, 0.717) is 147 Å². The van der Waals surface area contributed by atoms with Crippen molar-refractivity contribution in [3.05, 3.63) is 277 Å². The molecule has 150 heavy (non-hydrogen) atoms. The molecule has 6 N–H and O–H groups in total. The van der Waals surface area contributed by atoms with Gasteiger partial charge in [0.05, 0.1) is 50.5 Å². The summed E-state index contributed by atoms with van der Waals surface area (Å²) in [5, 5.41) is 24.3. The summed E-state index contributed by atoms with van der Waals surface area (Å²) in [6.45, 7) is 18.7. The van der Waals surface area contributed by atoms with E-state index in [9.17, 15) is 94.5 Å². The number of ether oxygens (including phenoxy) is 2. The number of carboxylic acid groups (broad SMARTS) is 1. The van der Waals surface area contributed by atoms with Crippen molar-refractivity contribution in [1.82, 2.24) is 58.8 Å². The Morgan fingerprint density at radius 2 is 0.747 bits per heavy atom. The van der Waals surface area contributed by atoms with Crippen LogP contribution in [0.2, 0.25) is 0 Å². The number of halogens is 18. The minimum atomic E-state index is -4.59. The molecule has 12 heterocycles. The van der Waals surface area contributed by atoms with E-state index in [0.717, 1.165) is 90.9 Å². The number of nitrogens with two attached hydrogens (primary N) is 1. The molecule has 0 unspecified atom stereocenters. The zero-order valence-electron chi connectivity index (χ0n) is 83.7. The van der Waals surface area contributed by atoms with Gasteiger partial charge in [-0.2, -0.15) is 44.7 Å². The third-order valence-electron chi connectivity index (χ3n) is 28.7. The highest BCUT2D eigenvalue weighted by molar-refractivity contribution is 5.98. The molecule has 18 rings (SSSR count). The number of alkyl halides is 12. The molecule has 806 valence electrons. The number of hydrogen-bond acceptors (Lipinski definition) is 21. The monoisotopic (exact) mass is 2120 g/mol. The molecule has 28 nitrogen and oxygen atoms in total. The fraction of sp³-hybridized carbons (Fsp3) is 0.452. The van der Waals surface area contributed by atoms with Gasteiger partial charge >= 0.3 is 24.5 Å². The lowest BCUT2D eigenvalue weighted by Crippen LogP contribution is -2.47. The van der Waals surface area contributed by atoms with E-state index in [1.807, 2.05) is 77.0 Å². The van der Waals surface area contributed by atoms with Gasteiger partial charge in [0.2, 0.25) is 28.9 Å². The molecule has 0 bridgehead atoms. The number of nitrogen functional groups attached to an aromatic ring is 1. The SMILES string of the molecule is CC(C)(C)N1C[C@@H](c2ccc(F)cc2F)[C@](F)(C(=O)Nc2nccn2Cc2ccc(C(F)(F)F)cc2N2CCC(c3cc(=O)[nH]o3)CC2)C1.CC(C)(C)N1C[C@@H](c2ccc(F)cc2F)[C@](F)(C(=O)O)C1.COc1cc(C2CCN(c3cc(C(F)(F)F)ccc3Cn3ccnc3N)CC2)on1.COc1cc(C2CCN(c3cc(C(F)(F)F)ccc3Cn3ccnc3NC(=O)[C@]3(F)CN(C(C)(C)C)C[C@H]3c3ccc(F)cc3F)CC2)on1. The molecule has 6 aliphatic heterocycles. The molecule has 0 saturated carbocycles. The number of piperidine rings is 3. The van der Waals surface area contributed by atoms with Gasteiger partial charge in [0.25, 0.3) is 29.1 Å². The molecule has 46 heteroatoms. The molecule has 12 aromatic rings. The topological polar surface area (TPSA) is 311 Å². The fourth-order valence-electron chi connectivity index (χ4n) is 19.9. The van der Waals surface area contributed by atoms with Crippen LogP contribution in [0.15, 0.2) is 183 Å². The Hall–Kier alpha value is -13.8. The summed E-state index contributed by atoms with van der Waals surface area (Å²) >= 11 is 0. The van der Waals surface area contributed by atoms with Gasteiger partial charge in [0, 0.05) is 221 Å². The Labute approximate surface area is 850 Å². The first kappa shape index (κ1) is 110. The molecule has 0 aliphatic carbocycles. The van der Waals surface area contributed by atoms with Gasteiger partial charge in [-0.3, -0.25) is 39.7 Å². The molecular weight excluding hydrogens is 2000 g/mol. The van der Waals surface area contributed by atoms with Crippen LogP contribution in [0.3, 0.4) is 0 Å². The highest BCUT2D eigenvalue weighted by Crippen LogP contribution is 2.50. The molecular formula is C104H114F18N18O10. The van der Waals surface area contributed by atoms with E-state index in [1.165, 1.54) is 78.5 Å². The van der Waals surface area contributed by atoms with Crippen LogP contribution < -0.4 is 46.1 Å². The lowest BCUT2D eigenvalue weighted by atomic mass is 9.85. The van der Waals surface area contributed by atoms with E-state index in [4.69, 9.17) is 28.8 Å². The highest BCUT2D eigenvalue weighted by Gasteiger charge is 2.60. The van der Waals surface area contributed by atoms with Crippen LogP contribution in [0.5, 0.6) is 11.8 Å². The van der Waals surface area contributed by atoms with E-state index in [2.05, 4.69) is 41.1 Å². The summed E-state index contributed by atoms with van der Waals surface area (Å²) in [7, 11) is 3.00. The maximum Gasteiger partial charge on any atom is 0.416 e. The lowest BCUT2D eigenvalue weighted by molar-refractivity contribution is -0.151. The molecule has 6 saturated heterocycles. The number of aromatic nitrogens is 9. The van der Waals surface area contributed by atoms with Crippen molar-refractivity contribution in [2.75, 3.05) is 124 Å². The van der Waals surface area contributed by atoms with Crippen molar-refractivity contribution < 1.29 is 122 Å². The molecule has 6 aromatic heterocycles. The largest absolute Gasteiger partial charge is 0.479 e. The molecule has 0 spiro atoms. The molecule has 0 radical (unpaired) electrons. The second-order valence-corrected chi connectivity index (χ2v) is 41.2. The van der Waals surface area contributed by atoms with Gasteiger partial charge in [0.15, 0.2) is 5.95 Å². The number of nitrogens with zero attached hydrogens (tertiary/aromatic N) is 14. The van der Waals surface area contributed by atoms with E-state index >= 15 is 8.78 Å². The zero-order valence-corrected chi connectivity index (χ0v) is 83.7. The summed E-state index contributed by atoms with van der Waals surface area (Å²) < 4.78 is 287. The smallest absolute Gasteiger partial charge is 0.416 e. The maximum atomic E-state index is 17.0. The minimum Gasteiger partial charge on any atom is -0.479 e. The van der Waals surface area contributed by atoms with Crippen LogP contribution in [0.1, 0.15) is 204 Å². The van der Waals surface area contributed by atoms with Crippen LogP contribution in [-0.2, 0) is 52.5 Å². The van der Waals surface area contributed by atoms with Crippen LogP contribution in [0.25, 0.3) is 0 Å². The van der Waals surface area contributed by atoms with E-state index in [1.54, 1.807) is 43.8 Å². The number of rotatable bonds is 22. The molecule has 6 aromatic carbocycles. The van der Waals surface area contributed by atoms with Crippen LogP contribution in [-0.4, -0.2) is 208 Å². The van der Waals surface area contributed by atoms with Crippen molar-refractivity contribution in [3.63, 3.8) is 0 Å². The second kappa shape index (κ2) is 43.6. The highest BCUT2D eigenvalue weighted by atomic mass is 19.4. The Morgan fingerprint density at radius 1 is 0.433 bits per heavy atom. The fourth-order valence-corrected chi connectivity index (χ4v) is 19.9. The number of carbonyl (C=O) groups excluding carboxylic acids is 2. The van der Waals surface area contributed by atoms with Crippen molar-refractivity contribution in [3.8, 4) is 11.8 Å². The first-order valence-corrected chi connectivity index (χ1v) is 48.4. The predicted octanol–water partition coefficient (Wildman–Crippen LogP) is 20.5. The summed E-state index contributed by atoms with van der Waals surface area (Å²) in [4.78, 5) is 73.6. The third kappa shape index (κ3) is 24.7. The second-order valence-electron chi connectivity index (χ2n) is 41.2. The standard InChI is InChI=1S/C35H38F6N6O3.C34H36F6N6O3.C20H22F3N5O2.C15H18F3NO2/c1-33(2,3)47-19-26(25-8-7-24(36)16-27(25)37)34(38,20-47)31(48)43-32-42-11-14-46(32)18-22-5-6-23(35(39,40)41)15-28(22)45-12-9-21(10-13-45)29-17-30(49-4)44-50-29;1-32(2,3)46-18-25(24-7-6-23(35)15-26(24)36)33(37,19-46)30(48)42-31-41-10-13-45(31)17-21-4-5-22(34(38,39)40)14-27(21)44-11-8-20(9-12-44)28-16-29(47)43-49-28;1-29-18-11-17(30-26-18)13-4-7-27(8-5-13)16-10-15(20(21,22)23)3-2-14(16)12-28-9-6-25-19(28)24;1-14(2,3)19-7-11(15(18,8-19)13(20)21)10-5-4-9(16)6-12(10)17/h5-8,11,14-17,21,26H,9-10,12-13,18-20H2,1-4H3,(H,42,43,48);4-7,10,13-16,20,25H,8-9,11-12,17-19H2,1-3H3,(H,43,47)(H,41,42,48);2-3,6,9-11,13H,4-5,7-8,12H2,1H3,(H2,24,25);4-6,11H,7-8H2,1-3H3,(H,20,21)/t26-,34-;25-,33-;;11-,15-/m00.0/s1. The average molecular weight is 2120 g/mol. The number of anilines is 6. The molecule has 6 fully saturated rings. The Morgan fingerprint density at radius 3 is 1.03 bits per heavy atom. The number of amides is 2. The van der Waals surface area contributed by atoms with Crippen molar-refractivity contribution in [2.45, 2.75) is 208 Å². The molecule has 2 amide bonds. The molecule has 6 atom stereocenters. The van der Waals surface area contributed by atoms with Crippen molar-refractivity contribution in [2.24, 2.45) is 0 Å². The Bertz CT molecular complexity index is 6830. The van der Waals surface area contributed by atoms with Gasteiger partial charge < -0.3 is 62.3 Å². The number of carbonyl (C=O) groups is 3. The number of carboxylic acids is 1. The Balaban J connectivity index is 0.000000157. The number of H-pyrrole nitrogens is 1. The first-order chi connectivity index (χ1) is 70.5. The minimum absolute atomic E-state index is 0.00000308. The van der Waals surface area contributed by atoms with Gasteiger partial charge in [-0.25, -0.2) is 59.3 Å². The zero-order chi connectivity index (χ0) is 109. The lowest BCUT2D eigenvalue weighted by Gasteiger charge is -2.34. The van der Waals surface area contributed by atoms with E-state index < -0.39 is 139 Å². The average Bonchev–Trinajstić information content (AvgIpc) is 1.60. The number of aliphatic carboxylic acids is 1. The van der Waals surface area contributed by atoms with Crippen LogP contribution in [0, 0.1) is 34.9 Å². The first-order valence-electron chi connectivity index (χ1n) is 48.4. The summed E-state index contributed by atoms with van der Waals surface area (Å²) in [5.41, 5.74) is -3.59. The van der Waals surface area contributed by atoms with E-state index in [-0.39, 0.29) is 104 Å². The summed E-state index contributed by atoms with van der Waals surface area (Å²) in [5.74, 6) is -9.77. The summed E-state index contributed by atoms with van der Waals surface area (Å²) in [6.07, 6.45) is -0.779. The normalized spacial score (nSPS) is 20.7. The number of nitrogens with one attached hydrogen (secondary N) is 3. The van der Waals surface area contributed by atoms with Gasteiger partial charge in [-0.05, 0) is 199 Å².